The number of benzene rings is 1. The molecular weight excluding hydrogens is 272 g/mol. The van der Waals surface area contributed by atoms with Crippen LogP contribution in [-0.4, -0.2) is 34.4 Å². The predicted molar refractivity (Wildman–Crippen MR) is 75.5 cm³/mol. The summed E-state index contributed by atoms with van der Waals surface area (Å²) in [5, 5.41) is 11.4. The maximum absolute atomic E-state index is 12.2. The van der Waals surface area contributed by atoms with Gasteiger partial charge in [0.05, 0.1) is 0 Å². The number of amides is 4. The van der Waals surface area contributed by atoms with Crippen molar-refractivity contribution in [3.8, 4) is 5.75 Å². The third kappa shape index (κ3) is 3.39. The molecule has 6 nitrogen and oxygen atoms in total. The van der Waals surface area contributed by atoms with Gasteiger partial charge in [0.15, 0.2) is 0 Å². The molecule has 1 unspecified atom stereocenters. The van der Waals surface area contributed by atoms with Gasteiger partial charge in [-0.3, -0.25) is 19.8 Å². The number of imide groups is 2. The average Bonchev–Trinajstić information content (AvgIpc) is 2.45. The maximum Gasteiger partial charge on any atom is 0.330 e. The Morgan fingerprint density at radius 2 is 1.86 bits per heavy atom. The zero-order chi connectivity index (χ0) is 15.4. The number of carbonyl (C=O) groups excluding carboxylic acids is 3. The fourth-order valence-electron chi connectivity index (χ4n) is 2.32. The van der Waals surface area contributed by atoms with E-state index in [9.17, 15) is 19.5 Å². The molecule has 0 aromatic heterocycles. The first-order valence-corrected chi connectivity index (χ1v) is 6.97. The Morgan fingerprint density at radius 1 is 1.19 bits per heavy atom. The van der Waals surface area contributed by atoms with E-state index in [4.69, 9.17) is 0 Å². The Morgan fingerprint density at radius 3 is 2.48 bits per heavy atom. The van der Waals surface area contributed by atoms with E-state index < -0.39 is 23.8 Å². The third-order valence-corrected chi connectivity index (χ3v) is 3.49. The van der Waals surface area contributed by atoms with Gasteiger partial charge in [-0.25, -0.2) is 4.79 Å². The summed E-state index contributed by atoms with van der Waals surface area (Å²) in [6.07, 6.45) is 1.62. The van der Waals surface area contributed by atoms with Crippen LogP contribution in [0, 0.1) is 5.92 Å². The van der Waals surface area contributed by atoms with E-state index in [1.807, 2.05) is 6.92 Å². The van der Waals surface area contributed by atoms with Crippen LogP contribution in [0.4, 0.5) is 4.79 Å². The number of phenolic OH excluding ortho intramolecular Hbond substituents is 1. The lowest BCUT2D eigenvalue weighted by Gasteiger charge is -2.30. The molecule has 1 saturated heterocycles. The second-order valence-corrected chi connectivity index (χ2v) is 5.04. The molecule has 2 rings (SSSR count). The van der Waals surface area contributed by atoms with Crippen molar-refractivity contribution in [1.82, 2.24) is 10.2 Å². The molecule has 1 aromatic rings. The van der Waals surface area contributed by atoms with Crippen LogP contribution in [0.5, 0.6) is 5.75 Å². The van der Waals surface area contributed by atoms with Gasteiger partial charge in [0.1, 0.15) is 11.7 Å². The second-order valence-electron chi connectivity index (χ2n) is 5.04. The number of hydrogen-bond donors (Lipinski definition) is 2. The van der Waals surface area contributed by atoms with E-state index in [0.717, 1.165) is 10.5 Å². The van der Waals surface area contributed by atoms with Crippen LogP contribution in [-0.2, 0) is 16.0 Å². The van der Waals surface area contributed by atoms with E-state index in [1.54, 1.807) is 24.3 Å². The number of barbiturate groups is 1. The highest BCUT2D eigenvalue weighted by molar-refractivity contribution is 6.16. The number of nitrogens with zero attached hydrogens (tertiary/aromatic N) is 1. The van der Waals surface area contributed by atoms with E-state index in [2.05, 4.69) is 5.32 Å². The third-order valence-electron chi connectivity index (χ3n) is 3.49. The van der Waals surface area contributed by atoms with Crippen LogP contribution in [0.3, 0.4) is 0 Å². The molecule has 4 amide bonds. The first-order valence-electron chi connectivity index (χ1n) is 6.97. The van der Waals surface area contributed by atoms with Crippen molar-refractivity contribution >= 4 is 17.8 Å². The summed E-state index contributed by atoms with van der Waals surface area (Å²) in [4.78, 5) is 36.7. The highest BCUT2D eigenvalue weighted by Crippen LogP contribution is 2.17. The quantitative estimate of drug-likeness (QED) is 0.803. The van der Waals surface area contributed by atoms with Crippen molar-refractivity contribution in [3.63, 3.8) is 0 Å². The Labute approximate surface area is 122 Å². The van der Waals surface area contributed by atoms with Gasteiger partial charge in [-0.2, -0.15) is 0 Å². The van der Waals surface area contributed by atoms with Crippen molar-refractivity contribution in [1.29, 1.82) is 0 Å². The van der Waals surface area contributed by atoms with Crippen molar-refractivity contribution in [2.24, 2.45) is 5.92 Å². The number of hydrogen-bond acceptors (Lipinski definition) is 4. The smallest absolute Gasteiger partial charge is 0.330 e. The van der Waals surface area contributed by atoms with Gasteiger partial charge in [0.25, 0.3) is 0 Å². The molecule has 6 heteroatoms. The fourth-order valence-corrected chi connectivity index (χ4v) is 2.32. The lowest BCUT2D eigenvalue weighted by Crippen LogP contribution is -2.58. The van der Waals surface area contributed by atoms with E-state index in [-0.39, 0.29) is 12.3 Å². The monoisotopic (exact) mass is 290 g/mol. The molecule has 0 radical (unpaired) electrons. The molecule has 0 saturated carbocycles. The van der Waals surface area contributed by atoms with Crippen molar-refractivity contribution in [2.75, 3.05) is 6.54 Å². The molecule has 21 heavy (non-hydrogen) atoms. The average molecular weight is 290 g/mol. The van der Waals surface area contributed by atoms with Crippen LogP contribution in [0.2, 0.25) is 0 Å². The molecule has 1 aliphatic heterocycles. The molecule has 2 N–H and O–H groups in total. The SMILES string of the molecule is CCCC1C(=O)NC(=O)N(CCc2ccc(O)cc2)C1=O. The summed E-state index contributed by atoms with van der Waals surface area (Å²) in [7, 11) is 0. The molecule has 0 aliphatic carbocycles. The summed E-state index contributed by atoms with van der Waals surface area (Å²) >= 11 is 0. The topological polar surface area (TPSA) is 86.7 Å². The second kappa shape index (κ2) is 6.39. The molecular formula is C15H18N2O4. The first kappa shape index (κ1) is 15.0. The van der Waals surface area contributed by atoms with Gasteiger partial charge in [-0.05, 0) is 30.5 Å². The van der Waals surface area contributed by atoms with Gasteiger partial charge in [0, 0.05) is 6.54 Å². The Bertz CT molecular complexity index is 553. The minimum absolute atomic E-state index is 0.166. The Hall–Kier alpha value is -2.37. The zero-order valence-electron chi connectivity index (χ0n) is 11.8. The van der Waals surface area contributed by atoms with Crippen molar-refractivity contribution in [2.45, 2.75) is 26.2 Å². The molecule has 1 fully saturated rings. The molecule has 1 heterocycles. The van der Waals surface area contributed by atoms with Crippen LogP contribution < -0.4 is 5.32 Å². The minimum Gasteiger partial charge on any atom is -0.508 e. The van der Waals surface area contributed by atoms with Crippen LogP contribution >= 0.6 is 0 Å². The molecule has 1 atom stereocenters. The largest absolute Gasteiger partial charge is 0.508 e. The number of carbonyl (C=O) groups is 3. The number of aromatic hydroxyl groups is 1. The van der Waals surface area contributed by atoms with Crippen LogP contribution in [0.15, 0.2) is 24.3 Å². The molecule has 1 aliphatic rings. The highest BCUT2D eigenvalue weighted by Gasteiger charge is 2.39. The number of nitrogens with one attached hydrogen (secondary N) is 1. The minimum atomic E-state index is -0.771. The first-order chi connectivity index (χ1) is 10.0. The summed E-state index contributed by atoms with van der Waals surface area (Å²) in [5.41, 5.74) is 0.900. The van der Waals surface area contributed by atoms with Gasteiger partial charge in [-0.15, -0.1) is 0 Å². The molecule has 112 valence electrons. The van der Waals surface area contributed by atoms with Gasteiger partial charge < -0.3 is 5.11 Å². The maximum atomic E-state index is 12.2. The Balaban J connectivity index is 2.03. The normalized spacial score (nSPS) is 18.8. The van der Waals surface area contributed by atoms with E-state index in [0.29, 0.717) is 19.3 Å². The summed E-state index contributed by atoms with van der Waals surface area (Å²) < 4.78 is 0. The van der Waals surface area contributed by atoms with Gasteiger partial charge in [-0.1, -0.05) is 25.5 Å². The summed E-state index contributed by atoms with van der Waals surface area (Å²) in [6, 6.07) is 5.91. The van der Waals surface area contributed by atoms with Crippen molar-refractivity contribution in [3.05, 3.63) is 29.8 Å². The van der Waals surface area contributed by atoms with E-state index in [1.165, 1.54) is 0 Å². The molecule has 0 spiro atoms. The standard InChI is InChI=1S/C15H18N2O4/c1-2-3-12-13(19)16-15(21)17(14(12)20)9-8-10-4-6-11(18)7-5-10/h4-7,12,18H,2-3,8-9H2,1H3,(H,16,19,21). The number of rotatable bonds is 5. The fraction of sp³-hybridized carbons (Fsp3) is 0.400. The number of urea groups is 1. The van der Waals surface area contributed by atoms with Crippen LogP contribution in [0.25, 0.3) is 0 Å². The predicted octanol–water partition coefficient (Wildman–Crippen LogP) is 1.43. The zero-order valence-corrected chi connectivity index (χ0v) is 11.8. The van der Waals surface area contributed by atoms with Gasteiger partial charge >= 0.3 is 6.03 Å². The van der Waals surface area contributed by atoms with E-state index >= 15 is 0 Å². The van der Waals surface area contributed by atoms with Crippen molar-refractivity contribution < 1.29 is 19.5 Å². The van der Waals surface area contributed by atoms with Gasteiger partial charge in [0.2, 0.25) is 11.8 Å². The number of phenols is 1. The lowest BCUT2D eigenvalue weighted by molar-refractivity contribution is -0.142. The molecule has 0 bridgehead atoms. The van der Waals surface area contributed by atoms with Crippen LogP contribution in [0.1, 0.15) is 25.3 Å². The summed E-state index contributed by atoms with van der Waals surface area (Å²) in [5.74, 6) is -1.54. The lowest BCUT2D eigenvalue weighted by atomic mass is 9.99. The Kier molecular flexibility index (Phi) is 4.57. The molecule has 1 aromatic carbocycles. The summed E-state index contributed by atoms with van der Waals surface area (Å²) in [6.45, 7) is 2.10. The highest BCUT2D eigenvalue weighted by atomic mass is 16.3.